The molecule has 0 saturated heterocycles. The minimum Gasteiger partial charge on any atom is -0.434 e. The predicted octanol–water partition coefficient (Wildman–Crippen LogP) is 0.681. The second-order valence-corrected chi connectivity index (χ2v) is 2.87. The Morgan fingerprint density at radius 3 is 2.08 bits per heavy atom. The lowest BCUT2D eigenvalue weighted by Crippen LogP contribution is -2.27. The molecule has 0 bridgehead atoms. The molecule has 2 unspecified atom stereocenters. The zero-order valence-electron chi connectivity index (χ0n) is 7.90. The highest BCUT2D eigenvalue weighted by Gasteiger charge is 2.15. The van der Waals surface area contributed by atoms with Gasteiger partial charge < -0.3 is 14.6 Å². The first kappa shape index (κ1) is 11.4. The summed E-state index contributed by atoms with van der Waals surface area (Å²) >= 11 is 0. The number of aliphatic hydroxyl groups excluding tert-OH is 1. The third kappa shape index (κ3) is 5.09. The van der Waals surface area contributed by atoms with Crippen LogP contribution in [-0.2, 0) is 14.3 Å². The molecule has 1 N–H and O–H groups in total. The highest BCUT2D eigenvalue weighted by atomic mass is 16.7. The summed E-state index contributed by atoms with van der Waals surface area (Å²) in [7, 11) is 0. The number of carbonyl (C=O) groups is 1. The molecule has 12 heavy (non-hydrogen) atoms. The predicted molar refractivity (Wildman–Crippen MR) is 43.5 cm³/mol. The van der Waals surface area contributed by atoms with Crippen molar-refractivity contribution in [3.63, 3.8) is 0 Å². The maximum atomic E-state index is 10.8. The molecule has 2 atom stereocenters. The van der Waals surface area contributed by atoms with Crippen LogP contribution >= 0.6 is 0 Å². The van der Waals surface area contributed by atoms with Crippen molar-refractivity contribution in [1.82, 2.24) is 0 Å². The molecule has 0 spiro atoms. The Bertz CT molecular complexity index is 142. The summed E-state index contributed by atoms with van der Waals surface area (Å²) in [5.74, 6) is -0.664. The molecule has 0 heterocycles. The van der Waals surface area contributed by atoms with Crippen molar-refractivity contribution < 1.29 is 19.4 Å². The third-order valence-corrected chi connectivity index (χ3v) is 1.09. The van der Waals surface area contributed by atoms with Gasteiger partial charge >= 0.3 is 5.97 Å². The lowest BCUT2D eigenvalue weighted by molar-refractivity contribution is -0.189. The van der Waals surface area contributed by atoms with Gasteiger partial charge in [-0.05, 0) is 27.7 Å². The van der Waals surface area contributed by atoms with E-state index in [-0.39, 0.29) is 6.10 Å². The average Bonchev–Trinajstić information content (AvgIpc) is 1.84. The third-order valence-electron chi connectivity index (χ3n) is 1.09. The van der Waals surface area contributed by atoms with Gasteiger partial charge in [0, 0.05) is 0 Å². The molecule has 0 radical (unpaired) electrons. The van der Waals surface area contributed by atoms with Crippen molar-refractivity contribution in [2.75, 3.05) is 0 Å². The highest BCUT2D eigenvalue weighted by Crippen LogP contribution is 2.00. The summed E-state index contributed by atoms with van der Waals surface area (Å²) in [5.41, 5.74) is 0. The molecule has 0 aliphatic rings. The first-order chi connectivity index (χ1) is 5.43. The highest BCUT2D eigenvalue weighted by molar-refractivity contribution is 5.73. The van der Waals surface area contributed by atoms with Crippen LogP contribution in [0.2, 0.25) is 0 Å². The fraction of sp³-hybridized carbons (Fsp3) is 0.875. The zero-order valence-corrected chi connectivity index (χ0v) is 7.90. The van der Waals surface area contributed by atoms with Gasteiger partial charge in [0.2, 0.25) is 0 Å². The van der Waals surface area contributed by atoms with Crippen molar-refractivity contribution >= 4 is 5.97 Å². The van der Waals surface area contributed by atoms with Crippen molar-refractivity contribution in [1.29, 1.82) is 0 Å². The van der Waals surface area contributed by atoms with Crippen molar-refractivity contribution in [3.8, 4) is 0 Å². The van der Waals surface area contributed by atoms with Crippen LogP contribution in [0, 0.1) is 0 Å². The van der Waals surface area contributed by atoms with Gasteiger partial charge in [0.15, 0.2) is 6.29 Å². The summed E-state index contributed by atoms with van der Waals surface area (Å²) in [6.07, 6.45) is -1.70. The summed E-state index contributed by atoms with van der Waals surface area (Å²) in [5, 5.41) is 8.77. The molecular formula is C8H16O4. The minimum absolute atomic E-state index is 0.00167. The molecule has 0 aliphatic carbocycles. The molecule has 0 rings (SSSR count). The van der Waals surface area contributed by atoms with Gasteiger partial charge in [-0.2, -0.15) is 0 Å². The molecule has 4 nitrogen and oxygen atoms in total. The van der Waals surface area contributed by atoms with Crippen LogP contribution in [0.15, 0.2) is 0 Å². The maximum absolute atomic E-state index is 10.8. The van der Waals surface area contributed by atoms with Crippen molar-refractivity contribution in [2.24, 2.45) is 0 Å². The Kier molecular flexibility index (Phi) is 4.85. The monoisotopic (exact) mass is 176 g/mol. The minimum atomic E-state index is -1.09. The zero-order chi connectivity index (χ0) is 9.72. The Morgan fingerprint density at radius 1 is 1.25 bits per heavy atom. The molecular weight excluding hydrogens is 160 g/mol. The standard InChI is InChI=1S/C8H16O4/c1-5(2)11-7(4)12-8(10)6(3)9/h5-7,9H,1-4H3. The Balaban J connectivity index is 3.69. The number of rotatable bonds is 4. The first-order valence-electron chi connectivity index (χ1n) is 3.97. The molecule has 0 fully saturated rings. The van der Waals surface area contributed by atoms with E-state index in [1.54, 1.807) is 6.92 Å². The fourth-order valence-corrected chi connectivity index (χ4v) is 0.673. The number of aliphatic hydroxyl groups is 1. The summed E-state index contributed by atoms with van der Waals surface area (Å²) < 4.78 is 9.83. The second-order valence-electron chi connectivity index (χ2n) is 2.87. The molecule has 0 aromatic carbocycles. The van der Waals surface area contributed by atoms with Gasteiger partial charge in [0.05, 0.1) is 6.10 Å². The number of esters is 1. The molecule has 0 aliphatic heterocycles. The van der Waals surface area contributed by atoms with E-state index in [4.69, 9.17) is 14.6 Å². The van der Waals surface area contributed by atoms with Crippen LogP contribution in [0.25, 0.3) is 0 Å². The van der Waals surface area contributed by atoms with Gasteiger partial charge in [-0.15, -0.1) is 0 Å². The summed E-state index contributed by atoms with van der Waals surface area (Å²) in [4.78, 5) is 10.8. The molecule has 0 aromatic heterocycles. The van der Waals surface area contributed by atoms with E-state index in [1.165, 1.54) is 6.92 Å². The van der Waals surface area contributed by atoms with Crippen molar-refractivity contribution in [3.05, 3.63) is 0 Å². The number of carbonyl (C=O) groups excluding carboxylic acids is 1. The van der Waals surface area contributed by atoms with E-state index in [1.807, 2.05) is 13.8 Å². The van der Waals surface area contributed by atoms with Crippen LogP contribution in [0.5, 0.6) is 0 Å². The van der Waals surface area contributed by atoms with E-state index in [2.05, 4.69) is 0 Å². The van der Waals surface area contributed by atoms with Gasteiger partial charge in [0.1, 0.15) is 6.10 Å². The fourth-order valence-electron chi connectivity index (χ4n) is 0.673. The van der Waals surface area contributed by atoms with E-state index < -0.39 is 18.4 Å². The van der Waals surface area contributed by atoms with Gasteiger partial charge in [0.25, 0.3) is 0 Å². The van der Waals surface area contributed by atoms with Crippen molar-refractivity contribution in [2.45, 2.75) is 46.2 Å². The Labute approximate surface area is 72.5 Å². The molecule has 0 saturated carbocycles. The van der Waals surface area contributed by atoms with Crippen LogP contribution in [0.3, 0.4) is 0 Å². The van der Waals surface area contributed by atoms with E-state index in [9.17, 15) is 4.79 Å². The largest absolute Gasteiger partial charge is 0.434 e. The summed E-state index contributed by atoms with van der Waals surface area (Å²) in [6.45, 7) is 6.64. The van der Waals surface area contributed by atoms with Gasteiger partial charge in [-0.25, -0.2) is 4.79 Å². The lowest BCUT2D eigenvalue weighted by atomic mass is 10.4. The SMILES string of the molecule is CC(C)OC(C)OC(=O)C(C)O. The number of ether oxygens (including phenoxy) is 2. The van der Waals surface area contributed by atoms with Crippen LogP contribution in [0.4, 0.5) is 0 Å². The Morgan fingerprint density at radius 2 is 1.75 bits per heavy atom. The van der Waals surface area contributed by atoms with Gasteiger partial charge in [-0.1, -0.05) is 0 Å². The van der Waals surface area contributed by atoms with Crippen LogP contribution in [0.1, 0.15) is 27.7 Å². The lowest BCUT2D eigenvalue weighted by Gasteiger charge is -2.17. The summed E-state index contributed by atoms with van der Waals surface area (Å²) in [6, 6.07) is 0. The van der Waals surface area contributed by atoms with Gasteiger partial charge in [-0.3, -0.25) is 0 Å². The van der Waals surface area contributed by atoms with Crippen LogP contribution in [-0.4, -0.2) is 29.6 Å². The maximum Gasteiger partial charge on any atom is 0.336 e. The quantitative estimate of drug-likeness (QED) is 0.505. The molecule has 0 aromatic rings. The van der Waals surface area contributed by atoms with E-state index in [0.29, 0.717) is 0 Å². The molecule has 4 heteroatoms. The normalized spacial score (nSPS) is 15.8. The first-order valence-corrected chi connectivity index (χ1v) is 3.97. The number of hydrogen-bond donors (Lipinski definition) is 1. The van der Waals surface area contributed by atoms with E-state index in [0.717, 1.165) is 0 Å². The second kappa shape index (κ2) is 5.11. The van der Waals surface area contributed by atoms with Crippen LogP contribution < -0.4 is 0 Å². The average molecular weight is 176 g/mol. The smallest absolute Gasteiger partial charge is 0.336 e. The Hall–Kier alpha value is -0.610. The topological polar surface area (TPSA) is 55.8 Å². The molecule has 0 amide bonds. The molecule has 72 valence electrons. The number of hydrogen-bond acceptors (Lipinski definition) is 4. The van der Waals surface area contributed by atoms with E-state index >= 15 is 0 Å².